The second kappa shape index (κ2) is 5.43. The number of halogens is 4. The topological polar surface area (TPSA) is 59.3 Å². The number of ether oxygens (including phenoxy) is 2. The lowest BCUT2D eigenvalue weighted by molar-refractivity contribution is -0.274. The third-order valence-electron chi connectivity index (χ3n) is 1.81. The molecule has 0 aliphatic carbocycles. The number of carbonyl (C=O) groups is 1. The zero-order valence-electron chi connectivity index (χ0n) is 8.84. The first-order chi connectivity index (χ1) is 8.28. The van der Waals surface area contributed by atoms with E-state index in [0.29, 0.717) is 0 Å². The summed E-state index contributed by atoms with van der Waals surface area (Å²) in [6.45, 7) is 0. The van der Waals surface area contributed by atoms with E-state index in [-0.39, 0.29) is 14.7 Å². The molecule has 0 unspecified atom stereocenters. The molecule has 4 nitrogen and oxygen atoms in total. The molecule has 0 amide bonds. The SMILES string of the molecule is COC(=O)c1cc(OC(F)(F)F)cc(C#N)c1I. The van der Waals surface area contributed by atoms with Crippen molar-refractivity contribution in [3.05, 3.63) is 26.8 Å². The number of hydrogen-bond acceptors (Lipinski definition) is 4. The van der Waals surface area contributed by atoms with Crippen molar-refractivity contribution in [2.24, 2.45) is 0 Å². The van der Waals surface area contributed by atoms with Crippen molar-refractivity contribution < 1.29 is 27.4 Å². The number of nitrogens with zero attached hydrogens (tertiary/aromatic N) is 1. The van der Waals surface area contributed by atoms with Crippen LogP contribution in [0.3, 0.4) is 0 Å². The van der Waals surface area contributed by atoms with Gasteiger partial charge in [0, 0.05) is 3.57 Å². The smallest absolute Gasteiger partial charge is 0.465 e. The third kappa shape index (κ3) is 3.49. The van der Waals surface area contributed by atoms with Crippen molar-refractivity contribution in [3.8, 4) is 11.8 Å². The lowest BCUT2D eigenvalue weighted by Gasteiger charge is -2.11. The second-order valence-electron chi connectivity index (χ2n) is 2.98. The van der Waals surface area contributed by atoms with Crippen LogP contribution < -0.4 is 4.74 Å². The molecule has 0 saturated carbocycles. The quantitative estimate of drug-likeness (QED) is 0.593. The molecule has 0 aliphatic rings. The molecule has 0 N–H and O–H groups in total. The average molecular weight is 371 g/mol. The molecule has 96 valence electrons. The Morgan fingerprint density at radius 3 is 2.50 bits per heavy atom. The Bertz CT molecular complexity index is 522. The van der Waals surface area contributed by atoms with Gasteiger partial charge in [-0.3, -0.25) is 0 Å². The predicted molar refractivity (Wildman–Crippen MR) is 61.9 cm³/mol. The molecular weight excluding hydrogens is 366 g/mol. The number of esters is 1. The van der Waals surface area contributed by atoms with Gasteiger partial charge in [0.15, 0.2) is 0 Å². The molecule has 0 heterocycles. The molecule has 1 rings (SSSR count). The Labute approximate surface area is 113 Å². The summed E-state index contributed by atoms with van der Waals surface area (Å²) < 4.78 is 44.5. The van der Waals surface area contributed by atoms with E-state index in [1.165, 1.54) is 0 Å². The highest BCUT2D eigenvalue weighted by Gasteiger charge is 2.32. The van der Waals surface area contributed by atoms with Crippen LogP contribution in [0.1, 0.15) is 15.9 Å². The van der Waals surface area contributed by atoms with Crippen molar-refractivity contribution in [2.75, 3.05) is 7.11 Å². The van der Waals surface area contributed by atoms with Crippen LogP contribution in [0.5, 0.6) is 5.75 Å². The third-order valence-corrected chi connectivity index (χ3v) is 2.97. The van der Waals surface area contributed by atoms with Gasteiger partial charge in [-0.1, -0.05) is 0 Å². The largest absolute Gasteiger partial charge is 0.573 e. The van der Waals surface area contributed by atoms with Gasteiger partial charge in [0.1, 0.15) is 11.8 Å². The molecule has 0 radical (unpaired) electrons. The van der Waals surface area contributed by atoms with E-state index in [4.69, 9.17) is 5.26 Å². The zero-order valence-corrected chi connectivity index (χ0v) is 11.0. The van der Waals surface area contributed by atoms with E-state index in [2.05, 4.69) is 9.47 Å². The minimum Gasteiger partial charge on any atom is -0.465 e. The van der Waals surface area contributed by atoms with Crippen molar-refractivity contribution in [2.45, 2.75) is 6.36 Å². The Morgan fingerprint density at radius 1 is 1.44 bits per heavy atom. The first kappa shape index (κ1) is 14.6. The van der Waals surface area contributed by atoms with Crippen LogP contribution in [-0.2, 0) is 4.74 Å². The maximum absolute atomic E-state index is 12.1. The van der Waals surface area contributed by atoms with Crippen LogP contribution in [0, 0.1) is 14.9 Å². The summed E-state index contributed by atoms with van der Waals surface area (Å²) in [6, 6.07) is 3.46. The highest BCUT2D eigenvalue weighted by molar-refractivity contribution is 14.1. The maximum atomic E-state index is 12.1. The van der Waals surface area contributed by atoms with Crippen LogP contribution in [0.15, 0.2) is 12.1 Å². The standard InChI is InChI=1S/C10H5F3INO3/c1-17-9(16)7-3-6(18-10(11,12)13)2-5(4-15)8(7)14/h2-3H,1H3. The van der Waals surface area contributed by atoms with Gasteiger partial charge in [0.25, 0.3) is 0 Å². The van der Waals surface area contributed by atoms with E-state index in [9.17, 15) is 18.0 Å². The molecule has 0 spiro atoms. The van der Waals surface area contributed by atoms with E-state index in [1.54, 1.807) is 28.7 Å². The van der Waals surface area contributed by atoms with Gasteiger partial charge >= 0.3 is 12.3 Å². The number of methoxy groups -OCH3 is 1. The summed E-state index contributed by atoms with van der Waals surface area (Å²) in [5.41, 5.74) is -0.255. The van der Waals surface area contributed by atoms with Gasteiger partial charge in [-0.15, -0.1) is 13.2 Å². The lowest BCUT2D eigenvalue weighted by Crippen LogP contribution is -2.18. The molecule has 0 atom stereocenters. The maximum Gasteiger partial charge on any atom is 0.573 e. The first-order valence-corrected chi connectivity index (χ1v) is 5.44. The summed E-state index contributed by atoms with van der Waals surface area (Å²) >= 11 is 1.67. The van der Waals surface area contributed by atoms with Gasteiger partial charge in [-0.05, 0) is 34.7 Å². The molecule has 0 bridgehead atoms. The Kier molecular flexibility index (Phi) is 4.39. The molecule has 0 aromatic heterocycles. The van der Waals surface area contributed by atoms with Crippen molar-refractivity contribution in [1.29, 1.82) is 5.26 Å². The summed E-state index contributed by atoms with van der Waals surface area (Å²) in [5, 5.41) is 8.78. The molecule has 8 heteroatoms. The molecule has 0 saturated heterocycles. The average Bonchev–Trinajstić information content (AvgIpc) is 2.28. The molecular formula is C10H5F3INO3. The highest BCUT2D eigenvalue weighted by Crippen LogP contribution is 2.28. The number of carbonyl (C=O) groups excluding carboxylic acids is 1. The van der Waals surface area contributed by atoms with Gasteiger partial charge in [0.05, 0.1) is 18.2 Å². The Hall–Kier alpha value is -1.50. The summed E-state index contributed by atoms with van der Waals surface area (Å²) in [6.07, 6.45) is -4.90. The van der Waals surface area contributed by atoms with Crippen molar-refractivity contribution >= 4 is 28.6 Å². The fourth-order valence-electron chi connectivity index (χ4n) is 1.13. The van der Waals surface area contributed by atoms with E-state index < -0.39 is 18.1 Å². The Morgan fingerprint density at radius 2 is 2.06 bits per heavy atom. The van der Waals surface area contributed by atoms with E-state index in [0.717, 1.165) is 19.2 Å². The number of alkyl halides is 3. The minimum absolute atomic E-state index is 0.0993. The Balaban J connectivity index is 3.32. The second-order valence-corrected chi connectivity index (χ2v) is 4.06. The van der Waals surface area contributed by atoms with Crippen molar-refractivity contribution in [3.63, 3.8) is 0 Å². The summed E-state index contributed by atoms with van der Waals surface area (Å²) in [4.78, 5) is 11.3. The van der Waals surface area contributed by atoms with Gasteiger partial charge < -0.3 is 9.47 Å². The van der Waals surface area contributed by atoms with E-state index in [1.807, 2.05) is 0 Å². The number of rotatable bonds is 2. The van der Waals surface area contributed by atoms with Gasteiger partial charge in [-0.2, -0.15) is 5.26 Å². The summed E-state index contributed by atoms with van der Waals surface area (Å²) in [7, 11) is 1.09. The minimum atomic E-state index is -4.90. The number of benzene rings is 1. The van der Waals surface area contributed by atoms with Crippen LogP contribution in [0.25, 0.3) is 0 Å². The van der Waals surface area contributed by atoms with Gasteiger partial charge in [-0.25, -0.2) is 4.79 Å². The predicted octanol–water partition coefficient (Wildman–Crippen LogP) is 2.85. The normalized spacial score (nSPS) is 10.7. The highest BCUT2D eigenvalue weighted by atomic mass is 127. The zero-order chi connectivity index (χ0) is 13.9. The van der Waals surface area contributed by atoms with Crippen molar-refractivity contribution in [1.82, 2.24) is 0 Å². The molecule has 1 aromatic rings. The van der Waals surface area contributed by atoms with Crippen LogP contribution in [-0.4, -0.2) is 19.4 Å². The van der Waals surface area contributed by atoms with E-state index >= 15 is 0 Å². The monoisotopic (exact) mass is 371 g/mol. The summed E-state index contributed by atoms with van der Waals surface area (Å²) in [5.74, 6) is -1.48. The molecule has 1 aromatic carbocycles. The fraction of sp³-hybridized carbons (Fsp3) is 0.200. The lowest BCUT2D eigenvalue weighted by atomic mass is 10.1. The molecule has 0 aliphatic heterocycles. The number of hydrogen-bond donors (Lipinski definition) is 0. The van der Waals surface area contributed by atoms with Crippen LogP contribution in [0.2, 0.25) is 0 Å². The first-order valence-electron chi connectivity index (χ1n) is 4.36. The van der Waals surface area contributed by atoms with Crippen LogP contribution in [0.4, 0.5) is 13.2 Å². The molecule has 0 fully saturated rings. The number of nitriles is 1. The van der Waals surface area contributed by atoms with Crippen LogP contribution >= 0.6 is 22.6 Å². The fourth-order valence-corrected chi connectivity index (χ4v) is 1.78. The molecule has 18 heavy (non-hydrogen) atoms. The van der Waals surface area contributed by atoms with Gasteiger partial charge in [0.2, 0.25) is 0 Å².